The van der Waals surface area contributed by atoms with Gasteiger partial charge in [0.15, 0.2) is 11.5 Å². The molecule has 2 aliphatic rings. The quantitative estimate of drug-likeness (QED) is 0.410. The second-order valence-electron chi connectivity index (χ2n) is 9.17. The third-order valence-corrected chi connectivity index (χ3v) is 7.17. The molecule has 3 aromatic rings. The minimum atomic E-state index is -0.290. The Bertz CT molecular complexity index is 1190. The number of urea groups is 1. The van der Waals surface area contributed by atoms with E-state index in [0.717, 1.165) is 68.5 Å². The van der Waals surface area contributed by atoms with Gasteiger partial charge in [0.1, 0.15) is 0 Å². The number of nitrogens with one attached hydrogen (secondary N) is 4. The molecule has 0 atom stereocenters. The first kappa shape index (κ1) is 23.6. The summed E-state index contributed by atoms with van der Waals surface area (Å²) in [5.41, 5.74) is 3.33. The number of aromatic nitrogens is 3. The predicted molar refractivity (Wildman–Crippen MR) is 141 cm³/mol. The summed E-state index contributed by atoms with van der Waals surface area (Å²) in [4.78, 5) is 28.5. The van der Waals surface area contributed by atoms with E-state index in [1.165, 1.54) is 12.1 Å². The summed E-state index contributed by atoms with van der Waals surface area (Å²) in [5.74, 6) is 0.731. The molecule has 0 spiro atoms. The maximum absolute atomic E-state index is 12.6. The van der Waals surface area contributed by atoms with Crippen molar-refractivity contribution in [2.75, 3.05) is 41.7 Å². The average molecular weight is 495 g/mol. The topological polar surface area (TPSA) is 107 Å². The van der Waals surface area contributed by atoms with Crippen molar-refractivity contribution in [1.29, 1.82) is 0 Å². The Morgan fingerprint density at radius 1 is 1.09 bits per heavy atom. The highest BCUT2D eigenvalue weighted by molar-refractivity contribution is 6.35. The highest BCUT2D eigenvalue weighted by atomic mass is 35.5. The molecule has 1 saturated carbocycles. The van der Waals surface area contributed by atoms with Crippen LogP contribution in [-0.2, 0) is 0 Å². The van der Waals surface area contributed by atoms with Crippen LogP contribution >= 0.6 is 11.6 Å². The van der Waals surface area contributed by atoms with Gasteiger partial charge in [-0.25, -0.2) is 14.8 Å². The minimum Gasteiger partial charge on any atom is -0.369 e. The summed E-state index contributed by atoms with van der Waals surface area (Å²) < 4.78 is 0. The molecule has 9 nitrogen and oxygen atoms in total. The number of piperazine rings is 1. The first-order chi connectivity index (χ1) is 17.1. The van der Waals surface area contributed by atoms with Crippen molar-refractivity contribution in [3.8, 4) is 0 Å². The number of fused-ring (bicyclic) bond motifs is 1. The predicted octanol–water partition coefficient (Wildman–Crippen LogP) is 4.59. The summed E-state index contributed by atoms with van der Waals surface area (Å²) in [7, 11) is 0. The molecule has 2 fully saturated rings. The van der Waals surface area contributed by atoms with E-state index in [4.69, 9.17) is 11.6 Å². The largest absolute Gasteiger partial charge is 0.369 e. The number of benzene rings is 1. The molecule has 0 unspecified atom stereocenters. The third kappa shape index (κ3) is 5.57. The average Bonchev–Trinajstić information content (AvgIpc) is 2.88. The molecule has 0 bridgehead atoms. The van der Waals surface area contributed by atoms with Gasteiger partial charge in [-0.2, -0.15) is 4.98 Å². The van der Waals surface area contributed by atoms with Crippen LogP contribution in [0.25, 0.3) is 11.0 Å². The van der Waals surface area contributed by atoms with Crippen LogP contribution in [0.4, 0.5) is 27.9 Å². The molecule has 0 radical (unpaired) electrons. The van der Waals surface area contributed by atoms with Gasteiger partial charge in [0, 0.05) is 55.2 Å². The van der Waals surface area contributed by atoms with Crippen molar-refractivity contribution in [3.63, 3.8) is 0 Å². The molecule has 1 aliphatic heterocycles. The molecule has 1 aliphatic carbocycles. The highest BCUT2D eigenvalue weighted by Crippen LogP contribution is 2.30. The smallest absolute Gasteiger partial charge is 0.320 e. The summed E-state index contributed by atoms with van der Waals surface area (Å²) >= 11 is 6.52. The van der Waals surface area contributed by atoms with Crippen molar-refractivity contribution in [3.05, 3.63) is 41.0 Å². The Kier molecular flexibility index (Phi) is 7.15. The molecule has 5 rings (SSSR count). The zero-order chi connectivity index (χ0) is 24.2. The van der Waals surface area contributed by atoms with Crippen LogP contribution in [-0.4, -0.2) is 53.2 Å². The third-order valence-electron chi connectivity index (χ3n) is 6.71. The molecule has 2 aromatic heterocycles. The number of nitrogens with zero attached hydrogens (tertiary/aromatic N) is 4. The summed E-state index contributed by atoms with van der Waals surface area (Å²) in [6.07, 6.45) is 7.23. The van der Waals surface area contributed by atoms with Gasteiger partial charge >= 0.3 is 6.03 Å². The van der Waals surface area contributed by atoms with Gasteiger partial charge < -0.3 is 20.9 Å². The van der Waals surface area contributed by atoms with Gasteiger partial charge in [-0.1, -0.05) is 30.9 Å². The number of anilines is 4. The summed E-state index contributed by atoms with van der Waals surface area (Å²) in [5, 5.41) is 13.6. The lowest BCUT2D eigenvalue weighted by molar-refractivity contribution is 0.244. The van der Waals surface area contributed by atoms with Crippen LogP contribution in [0.15, 0.2) is 30.5 Å². The fourth-order valence-electron chi connectivity index (χ4n) is 4.70. The summed E-state index contributed by atoms with van der Waals surface area (Å²) in [6, 6.07) is 8.15. The zero-order valence-electron chi connectivity index (χ0n) is 19.9. The van der Waals surface area contributed by atoms with E-state index in [9.17, 15) is 4.79 Å². The van der Waals surface area contributed by atoms with Crippen LogP contribution in [0, 0.1) is 6.92 Å². The Morgan fingerprint density at radius 3 is 2.57 bits per heavy atom. The fraction of sp³-hybridized carbons (Fsp3) is 0.440. The van der Waals surface area contributed by atoms with Crippen molar-refractivity contribution in [2.45, 2.75) is 45.1 Å². The lowest BCUT2D eigenvalue weighted by Crippen LogP contribution is -2.43. The van der Waals surface area contributed by atoms with E-state index < -0.39 is 0 Å². The maximum atomic E-state index is 12.6. The lowest BCUT2D eigenvalue weighted by atomic mass is 9.96. The van der Waals surface area contributed by atoms with E-state index in [1.807, 2.05) is 19.1 Å². The summed E-state index contributed by atoms with van der Waals surface area (Å²) in [6.45, 7) is 5.88. The Labute approximate surface area is 210 Å². The normalized spacial score (nSPS) is 16.8. The van der Waals surface area contributed by atoms with Gasteiger partial charge in [0.05, 0.1) is 5.02 Å². The molecule has 1 saturated heterocycles. The van der Waals surface area contributed by atoms with Crippen molar-refractivity contribution >= 4 is 51.8 Å². The number of halogens is 1. The number of carbonyl (C=O) groups is 1. The maximum Gasteiger partial charge on any atom is 0.320 e. The Morgan fingerprint density at radius 2 is 1.83 bits per heavy atom. The molecule has 1 aromatic carbocycles. The lowest BCUT2D eigenvalue weighted by Gasteiger charge is -2.29. The number of amides is 2. The van der Waals surface area contributed by atoms with Crippen molar-refractivity contribution in [1.82, 2.24) is 25.6 Å². The van der Waals surface area contributed by atoms with Crippen LogP contribution in [0.1, 0.15) is 37.7 Å². The fourth-order valence-corrected chi connectivity index (χ4v) is 4.89. The standard InChI is InChI=1S/C25H31ClN8O/c1-16-20-15-28-24(29-18-7-9-19(10-8-18)34-13-11-27-12-14-34)32-22(20)31-23(21(16)26)33-25(35)30-17-5-3-2-4-6-17/h7-10,15,17,27H,2-6,11-14H2,1H3,(H3,28,29,30,31,32,33,35). The monoisotopic (exact) mass is 494 g/mol. The minimum absolute atomic E-state index is 0.195. The van der Waals surface area contributed by atoms with E-state index in [2.05, 4.69) is 53.3 Å². The first-order valence-corrected chi connectivity index (χ1v) is 12.7. The second kappa shape index (κ2) is 10.6. The van der Waals surface area contributed by atoms with E-state index in [0.29, 0.717) is 22.4 Å². The van der Waals surface area contributed by atoms with Gasteiger partial charge in [0.25, 0.3) is 0 Å². The van der Waals surface area contributed by atoms with E-state index in [1.54, 1.807) is 6.20 Å². The number of hydrogen-bond donors (Lipinski definition) is 4. The Balaban J connectivity index is 1.31. The second-order valence-corrected chi connectivity index (χ2v) is 9.55. The molecule has 3 heterocycles. The molecular weight excluding hydrogens is 464 g/mol. The van der Waals surface area contributed by atoms with E-state index >= 15 is 0 Å². The van der Waals surface area contributed by atoms with Gasteiger partial charge in [-0.3, -0.25) is 5.32 Å². The number of rotatable bonds is 5. The van der Waals surface area contributed by atoms with Crippen molar-refractivity contribution < 1.29 is 4.79 Å². The number of aryl methyl sites for hydroxylation is 1. The zero-order valence-corrected chi connectivity index (χ0v) is 20.7. The van der Waals surface area contributed by atoms with Crippen LogP contribution in [0.5, 0.6) is 0 Å². The molecular formula is C25H31ClN8O. The number of pyridine rings is 1. The van der Waals surface area contributed by atoms with Gasteiger partial charge in [0.2, 0.25) is 5.95 Å². The van der Waals surface area contributed by atoms with Crippen LogP contribution in [0.2, 0.25) is 5.02 Å². The Hall–Kier alpha value is -3.17. The van der Waals surface area contributed by atoms with Gasteiger partial charge in [-0.05, 0) is 49.6 Å². The van der Waals surface area contributed by atoms with E-state index in [-0.39, 0.29) is 12.1 Å². The number of hydrogen-bond acceptors (Lipinski definition) is 7. The number of carbonyl (C=O) groups excluding carboxylic acids is 1. The first-order valence-electron chi connectivity index (χ1n) is 12.3. The molecule has 184 valence electrons. The molecule has 2 amide bonds. The molecule has 35 heavy (non-hydrogen) atoms. The molecule has 4 N–H and O–H groups in total. The van der Waals surface area contributed by atoms with Gasteiger partial charge in [-0.15, -0.1) is 0 Å². The van der Waals surface area contributed by atoms with Crippen LogP contribution < -0.4 is 26.2 Å². The molecule has 10 heteroatoms. The van der Waals surface area contributed by atoms with Crippen molar-refractivity contribution in [2.24, 2.45) is 0 Å². The highest BCUT2D eigenvalue weighted by Gasteiger charge is 2.19. The van der Waals surface area contributed by atoms with Crippen LogP contribution in [0.3, 0.4) is 0 Å². The SMILES string of the molecule is Cc1c(Cl)c(NC(=O)NC2CCCCC2)nc2nc(Nc3ccc(N4CCNCC4)cc3)ncc12.